The number of nitrogens with zero attached hydrogens (tertiary/aromatic N) is 2. The second-order valence-corrected chi connectivity index (χ2v) is 2.21. The Kier molecular flexibility index (Phi) is 2.62. The lowest BCUT2D eigenvalue weighted by atomic mass is 10.4. The van der Waals surface area contributed by atoms with E-state index in [9.17, 15) is 0 Å². The van der Waals surface area contributed by atoms with Crippen molar-refractivity contribution in [3.63, 3.8) is 0 Å². The Bertz CT molecular complexity index is 231. The van der Waals surface area contributed by atoms with Gasteiger partial charge < -0.3 is 10.5 Å². The molecule has 5 heteroatoms. The van der Waals surface area contributed by atoms with E-state index in [4.69, 9.17) is 22.1 Å². The second kappa shape index (κ2) is 3.50. The smallest absolute Gasteiger partial charge is 0.225 e. The molecule has 1 aromatic rings. The summed E-state index contributed by atoms with van der Waals surface area (Å²) in [6, 6.07) is 1.64. The third-order valence-corrected chi connectivity index (χ3v) is 1.32. The first-order valence-corrected chi connectivity index (χ1v) is 3.41. The average molecular weight is 174 g/mol. The van der Waals surface area contributed by atoms with E-state index in [1.807, 2.05) is 0 Å². The van der Waals surface area contributed by atoms with E-state index < -0.39 is 0 Å². The fourth-order valence-corrected chi connectivity index (χ4v) is 0.843. The zero-order valence-corrected chi connectivity index (χ0v) is 6.80. The number of halogens is 1. The molecule has 60 valence electrons. The van der Waals surface area contributed by atoms with Gasteiger partial charge in [0, 0.05) is 12.6 Å². The first-order chi connectivity index (χ1) is 5.26. The molecule has 0 aliphatic carbocycles. The van der Waals surface area contributed by atoms with Gasteiger partial charge in [0.1, 0.15) is 0 Å². The summed E-state index contributed by atoms with van der Waals surface area (Å²) < 4.78 is 4.85. The van der Waals surface area contributed by atoms with Crippen LogP contribution in [0.2, 0.25) is 5.28 Å². The van der Waals surface area contributed by atoms with E-state index in [-0.39, 0.29) is 5.28 Å². The highest BCUT2D eigenvalue weighted by Gasteiger charge is 2.00. The molecule has 0 aliphatic heterocycles. The summed E-state index contributed by atoms with van der Waals surface area (Å²) >= 11 is 5.55. The molecular formula is C6H8ClN3O. The molecule has 0 spiro atoms. The van der Waals surface area contributed by atoms with Crippen LogP contribution in [0.3, 0.4) is 0 Å². The fraction of sp³-hybridized carbons (Fsp3) is 0.333. The Morgan fingerprint density at radius 2 is 2.36 bits per heavy atom. The van der Waals surface area contributed by atoms with Crippen LogP contribution >= 0.6 is 11.6 Å². The van der Waals surface area contributed by atoms with Crippen LogP contribution in [0.4, 0.5) is 0 Å². The van der Waals surface area contributed by atoms with Crippen molar-refractivity contribution in [2.75, 3.05) is 7.11 Å². The van der Waals surface area contributed by atoms with E-state index in [2.05, 4.69) is 9.97 Å². The van der Waals surface area contributed by atoms with E-state index in [1.165, 1.54) is 7.11 Å². The molecule has 0 saturated carbocycles. The van der Waals surface area contributed by atoms with Crippen molar-refractivity contribution in [3.05, 3.63) is 17.0 Å². The number of nitrogens with two attached hydrogens (primary N) is 1. The van der Waals surface area contributed by atoms with Gasteiger partial charge in [-0.1, -0.05) is 0 Å². The quantitative estimate of drug-likeness (QED) is 0.666. The molecule has 4 nitrogen and oxygen atoms in total. The standard InChI is InChI=1S/C6H8ClN3O/c1-11-5-2-4(3-8)9-6(7)10-5/h2H,3,8H2,1H3. The van der Waals surface area contributed by atoms with Crippen molar-refractivity contribution in [2.45, 2.75) is 6.54 Å². The van der Waals surface area contributed by atoms with Crippen molar-refractivity contribution < 1.29 is 4.74 Å². The number of methoxy groups -OCH3 is 1. The van der Waals surface area contributed by atoms with Crippen molar-refractivity contribution in [1.29, 1.82) is 0 Å². The van der Waals surface area contributed by atoms with Crippen molar-refractivity contribution in [3.8, 4) is 5.88 Å². The predicted molar refractivity (Wildman–Crippen MR) is 41.5 cm³/mol. The molecule has 1 rings (SSSR count). The van der Waals surface area contributed by atoms with Gasteiger partial charge in [-0.3, -0.25) is 0 Å². The van der Waals surface area contributed by atoms with Gasteiger partial charge in [-0.05, 0) is 11.6 Å². The fourth-order valence-electron chi connectivity index (χ4n) is 0.651. The molecule has 1 aromatic heterocycles. The average Bonchev–Trinajstić information content (AvgIpc) is 2.03. The van der Waals surface area contributed by atoms with Crippen LogP contribution in [0.25, 0.3) is 0 Å². The third-order valence-electron chi connectivity index (χ3n) is 1.15. The minimum Gasteiger partial charge on any atom is -0.481 e. The summed E-state index contributed by atoms with van der Waals surface area (Å²) in [6.45, 7) is 0.332. The molecule has 0 fully saturated rings. The SMILES string of the molecule is COc1cc(CN)nc(Cl)n1. The van der Waals surface area contributed by atoms with Crippen LogP contribution in [0.15, 0.2) is 6.07 Å². The van der Waals surface area contributed by atoms with Crippen LogP contribution < -0.4 is 10.5 Å². The van der Waals surface area contributed by atoms with Crippen LogP contribution in [0.1, 0.15) is 5.69 Å². The molecule has 1 heterocycles. The number of hydrogen-bond donors (Lipinski definition) is 1. The molecule has 0 aliphatic rings. The summed E-state index contributed by atoms with van der Waals surface area (Å²) in [5.41, 5.74) is 6.01. The normalized spacial score (nSPS) is 9.73. The van der Waals surface area contributed by atoms with Gasteiger partial charge in [-0.2, -0.15) is 4.98 Å². The Hall–Kier alpha value is -0.870. The Morgan fingerprint density at radius 1 is 1.64 bits per heavy atom. The van der Waals surface area contributed by atoms with Crippen molar-refractivity contribution in [1.82, 2.24) is 9.97 Å². The van der Waals surface area contributed by atoms with Crippen LogP contribution in [0, 0.1) is 0 Å². The summed E-state index contributed by atoms with van der Waals surface area (Å²) in [6.07, 6.45) is 0. The minimum absolute atomic E-state index is 0.157. The number of aromatic nitrogens is 2. The lowest BCUT2D eigenvalue weighted by molar-refractivity contribution is 0.396. The van der Waals surface area contributed by atoms with Crippen LogP contribution in [0.5, 0.6) is 5.88 Å². The van der Waals surface area contributed by atoms with E-state index >= 15 is 0 Å². The van der Waals surface area contributed by atoms with Crippen LogP contribution in [-0.2, 0) is 6.54 Å². The number of ether oxygens (including phenoxy) is 1. The summed E-state index contributed by atoms with van der Waals surface area (Å²) in [5, 5.41) is 0.157. The minimum atomic E-state index is 0.157. The van der Waals surface area contributed by atoms with Gasteiger partial charge in [0.15, 0.2) is 0 Å². The second-order valence-electron chi connectivity index (χ2n) is 1.87. The predicted octanol–water partition coefficient (Wildman–Crippen LogP) is 0.597. The van der Waals surface area contributed by atoms with Crippen LogP contribution in [-0.4, -0.2) is 17.1 Å². The molecule has 0 saturated heterocycles. The largest absolute Gasteiger partial charge is 0.481 e. The maximum absolute atomic E-state index is 5.55. The molecule has 0 atom stereocenters. The Balaban J connectivity index is 3.02. The van der Waals surface area contributed by atoms with E-state index in [0.717, 1.165) is 0 Å². The van der Waals surface area contributed by atoms with Crippen molar-refractivity contribution >= 4 is 11.6 Å². The third kappa shape index (κ3) is 2.03. The van der Waals surface area contributed by atoms with E-state index in [1.54, 1.807) is 6.07 Å². The lowest BCUT2D eigenvalue weighted by Gasteiger charge is -2.00. The molecular weight excluding hydrogens is 166 g/mol. The maximum Gasteiger partial charge on any atom is 0.225 e. The zero-order chi connectivity index (χ0) is 8.27. The summed E-state index contributed by atoms with van der Waals surface area (Å²) in [5.74, 6) is 0.436. The van der Waals surface area contributed by atoms with Crippen molar-refractivity contribution in [2.24, 2.45) is 5.73 Å². The number of rotatable bonds is 2. The highest BCUT2D eigenvalue weighted by atomic mass is 35.5. The highest BCUT2D eigenvalue weighted by molar-refractivity contribution is 6.28. The Morgan fingerprint density at radius 3 is 2.91 bits per heavy atom. The van der Waals surface area contributed by atoms with Gasteiger partial charge in [0.05, 0.1) is 12.8 Å². The molecule has 0 radical (unpaired) electrons. The summed E-state index contributed by atoms with van der Waals surface area (Å²) in [4.78, 5) is 7.63. The molecule has 0 bridgehead atoms. The first-order valence-electron chi connectivity index (χ1n) is 3.03. The van der Waals surface area contributed by atoms with Gasteiger partial charge in [-0.25, -0.2) is 4.98 Å². The molecule has 11 heavy (non-hydrogen) atoms. The highest BCUT2D eigenvalue weighted by Crippen LogP contribution is 2.11. The topological polar surface area (TPSA) is 61.0 Å². The molecule has 0 aromatic carbocycles. The van der Waals surface area contributed by atoms with E-state index in [0.29, 0.717) is 18.1 Å². The molecule has 2 N–H and O–H groups in total. The zero-order valence-electron chi connectivity index (χ0n) is 6.04. The van der Waals surface area contributed by atoms with Gasteiger partial charge in [0.25, 0.3) is 0 Å². The maximum atomic E-state index is 5.55. The van der Waals surface area contributed by atoms with Gasteiger partial charge in [0.2, 0.25) is 11.2 Å². The Labute approximate surface area is 69.4 Å². The first kappa shape index (κ1) is 8.23. The number of hydrogen-bond acceptors (Lipinski definition) is 4. The van der Waals surface area contributed by atoms with Gasteiger partial charge in [-0.15, -0.1) is 0 Å². The summed E-state index contributed by atoms with van der Waals surface area (Å²) in [7, 11) is 1.51. The van der Waals surface area contributed by atoms with Gasteiger partial charge >= 0.3 is 0 Å². The monoisotopic (exact) mass is 173 g/mol. The molecule has 0 unspecified atom stereocenters. The lowest BCUT2D eigenvalue weighted by Crippen LogP contribution is -2.01. The molecule has 0 amide bonds.